The molecule has 0 spiro atoms. The summed E-state index contributed by atoms with van der Waals surface area (Å²) in [5, 5.41) is 12.0. The highest BCUT2D eigenvalue weighted by Gasteiger charge is 2.33. The van der Waals surface area contributed by atoms with E-state index in [1.807, 2.05) is 0 Å². The van der Waals surface area contributed by atoms with E-state index >= 15 is 0 Å². The van der Waals surface area contributed by atoms with Crippen molar-refractivity contribution in [3.8, 4) is 0 Å². The van der Waals surface area contributed by atoms with Crippen molar-refractivity contribution in [2.45, 2.75) is 12.8 Å². The van der Waals surface area contributed by atoms with Gasteiger partial charge in [0.15, 0.2) is 0 Å². The van der Waals surface area contributed by atoms with E-state index in [1.165, 1.54) is 25.4 Å². The van der Waals surface area contributed by atoms with Crippen LogP contribution in [0, 0.1) is 16.0 Å². The number of esters is 2. The van der Waals surface area contributed by atoms with Gasteiger partial charge in [-0.1, -0.05) is 12.1 Å². The molecular weight excluding hydrogens is 406 g/mol. The minimum atomic E-state index is -0.565. The Balaban J connectivity index is 1.98. The Kier molecular flexibility index (Phi) is 6.63. The van der Waals surface area contributed by atoms with Crippen LogP contribution in [0.4, 0.5) is 23.0 Å². The van der Waals surface area contributed by atoms with Gasteiger partial charge in [0, 0.05) is 20.1 Å². The molecule has 0 bridgehead atoms. The molecule has 0 N–H and O–H groups in total. The number of rotatable bonds is 6. The fraction of sp³-hybridized carbons (Fsp3) is 0.400. The Morgan fingerprint density at radius 1 is 1.16 bits per heavy atom. The fourth-order valence-corrected chi connectivity index (χ4v) is 3.66. The van der Waals surface area contributed by atoms with Gasteiger partial charge in [0.25, 0.3) is 0 Å². The first-order chi connectivity index (χ1) is 14.9. The second-order valence-corrected chi connectivity index (χ2v) is 6.98. The third-order valence-electron chi connectivity index (χ3n) is 5.28. The van der Waals surface area contributed by atoms with Crippen molar-refractivity contribution in [3.05, 3.63) is 46.3 Å². The molecular formula is C20H23N5O6. The fourth-order valence-electron chi connectivity index (χ4n) is 3.66. The van der Waals surface area contributed by atoms with Crippen LogP contribution in [-0.2, 0) is 14.3 Å². The highest BCUT2D eigenvalue weighted by Crippen LogP contribution is 2.38. The average Bonchev–Trinajstić information content (AvgIpc) is 2.82. The van der Waals surface area contributed by atoms with Crippen LogP contribution < -0.4 is 9.80 Å². The Bertz CT molecular complexity index is 990. The topological polar surface area (TPSA) is 128 Å². The highest BCUT2D eigenvalue weighted by molar-refractivity contribution is 5.97. The molecule has 1 fully saturated rings. The lowest BCUT2D eigenvalue weighted by Crippen LogP contribution is -2.37. The second kappa shape index (κ2) is 9.37. The van der Waals surface area contributed by atoms with Crippen molar-refractivity contribution in [1.82, 2.24) is 9.97 Å². The zero-order valence-corrected chi connectivity index (χ0v) is 17.5. The minimum absolute atomic E-state index is 0.0430. The van der Waals surface area contributed by atoms with Crippen LogP contribution in [0.1, 0.15) is 23.2 Å². The van der Waals surface area contributed by atoms with Crippen LogP contribution in [0.25, 0.3) is 0 Å². The molecule has 0 unspecified atom stereocenters. The number of para-hydroxylation sites is 1. The first-order valence-electron chi connectivity index (χ1n) is 9.62. The minimum Gasteiger partial charge on any atom is -0.469 e. The number of anilines is 3. The van der Waals surface area contributed by atoms with E-state index in [0.717, 1.165) is 0 Å². The van der Waals surface area contributed by atoms with Crippen molar-refractivity contribution in [1.29, 1.82) is 0 Å². The summed E-state index contributed by atoms with van der Waals surface area (Å²) in [5.41, 5.74) is 0.383. The monoisotopic (exact) mass is 429 g/mol. The number of carbonyl (C=O) groups excluding carboxylic acids is 2. The molecule has 31 heavy (non-hydrogen) atoms. The summed E-state index contributed by atoms with van der Waals surface area (Å²) < 4.78 is 9.62. The lowest BCUT2D eigenvalue weighted by molar-refractivity contribution is -0.383. The molecule has 1 aromatic heterocycles. The standard InChI is InChI=1S/C20H23N5O6/c1-23(15-7-5-4-6-14(15)20(27)31-3)17-16(25(28)29)18(22-12-21-17)24-10-8-13(9-11-24)19(26)30-2/h4-7,12-13H,8-11H2,1-3H3. The molecule has 0 saturated carbocycles. The molecule has 0 amide bonds. The van der Waals surface area contributed by atoms with E-state index < -0.39 is 10.9 Å². The molecule has 2 heterocycles. The number of benzene rings is 1. The molecule has 0 aliphatic carbocycles. The van der Waals surface area contributed by atoms with Crippen molar-refractivity contribution >= 4 is 34.9 Å². The van der Waals surface area contributed by atoms with Crippen molar-refractivity contribution in [2.24, 2.45) is 5.92 Å². The summed E-state index contributed by atoms with van der Waals surface area (Å²) >= 11 is 0. The maximum atomic E-state index is 12.2. The number of nitro groups is 1. The maximum Gasteiger partial charge on any atom is 0.353 e. The maximum absolute atomic E-state index is 12.2. The molecule has 11 nitrogen and oxygen atoms in total. The number of nitrogens with zero attached hydrogens (tertiary/aromatic N) is 5. The summed E-state index contributed by atoms with van der Waals surface area (Å²) in [6.07, 6.45) is 2.26. The zero-order valence-electron chi connectivity index (χ0n) is 17.5. The van der Waals surface area contributed by atoms with Crippen LogP contribution in [0.5, 0.6) is 0 Å². The van der Waals surface area contributed by atoms with Crippen LogP contribution in [-0.4, -0.2) is 61.2 Å². The van der Waals surface area contributed by atoms with Gasteiger partial charge < -0.3 is 19.3 Å². The predicted octanol–water partition coefficient (Wildman–Crippen LogP) is 2.33. The van der Waals surface area contributed by atoms with E-state index in [2.05, 4.69) is 9.97 Å². The van der Waals surface area contributed by atoms with Crippen LogP contribution in [0.2, 0.25) is 0 Å². The Morgan fingerprint density at radius 2 is 1.84 bits per heavy atom. The zero-order chi connectivity index (χ0) is 22.5. The van der Waals surface area contributed by atoms with Crippen LogP contribution >= 0.6 is 0 Å². The van der Waals surface area contributed by atoms with Gasteiger partial charge in [0.2, 0.25) is 11.6 Å². The van der Waals surface area contributed by atoms with E-state index in [4.69, 9.17) is 9.47 Å². The van der Waals surface area contributed by atoms with Gasteiger partial charge in [-0.15, -0.1) is 0 Å². The first kappa shape index (κ1) is 21.9. The number of hydrogen-bond acceptors (Lipinski definition) is 10. The van der Waals surface area contributed by atoms with Crippen molar-refractivity contribution < 1.29 is 24.0 Å². The number of ether oxygens (including phenoxy) is 2. The van der Waals surface area contributed by atoms with Gasteiger partial charge in [-0.2, -0.15) is 0 Å². The molecule has 1 aromatic carbocycles. The molecule has 1 aliphatic heterocycles. The summed E-state index contributed by atoms with van der Waals surface area (Å²) in [6, 6.07) is 6.61. The number of hydrogen-bond donors (Lipinski definition) is 0. The van der Waals surface area contributed by atoms with Crippen molar-refractivity contribution in [3.63, 3.8) is 0 Å². The molecule has 0 atom stereocenters. The number of methoxy groups -OCH3 is 2. The lowest BCUT2D eigenvalue weighted by Gasteiger charge is -2.31. The van der Waals surface area contributed by atoms with E-state index in [9.17, 15) is 19.7 Å². The Hall–Kier alpha value is -3.76. The molecule has 1 aliphatic rings. The van der Waals surface area contributed by atoms with Crippen molar-refractivity contribution in [2.75, 3.05) is 44.2 Å². The summed E-state index contributed by atoms with van der Waals surface area (Å²) in [6.45, 7) is 0.832. The van der Waals surface area contributed by atoms with E-state index in [-0.39, 0.29) is 34.8 Å². The van der Waals surface area contributed by atoms with Gasteiger partial charge in [0.05, 0.1) is 36.3 Å². The van der Waals surface area contributed by atoms with Gasteiger partial charge in [-0.3, -0.25) is 14.9 Å². The van der Waals surface area contributed by atoms with E-state index in [1.54, 1.807) is 36.2 Å². The van der Waals surface area contributed by atoms with Gasteiger partial charge in [-0.25, -0.2) is 14.8 Å². The number of piperidine rings is 1. The highest BCUT2D eigenvalue weighted by atomic mass is 16.6. The van der Waals surface area contributed by atoms with Gasteiger partial charge >= 0.3 is 17.6 Å². The van der Waals surface area contributed by atoms with Crippen LogP contribution in [0.3, 0.4) is 0 Å². The smallest absolute Gasteiger partial charge is 0.353 e. The molecule has 164 valence electrons. The largest absolute Gasteiger partial charge is 0.469 e. The average molecular weight is 429 g/mol. The van der Waals surface area contributed by atoms with E-state index in [0.29, 0.717) is 31.6 Å². The molecule has 1 saturated heterocycles. The van der Waals surface area contributed by atoms with Gasteiger partial charge in [0.1, 0.15) is 6.33 Å². The molecule has 0 radical (unpaired) electrons. The first-order valence-corrected chi connectivity index (χ1v) is 9.62. The third-order valence-corrected chi connectivity index (χ3v) is 5.28. The summed E-state index contributed by atoms with van der Waals surface area (Å²) in [5.74, 6) is -0.876. The Morgan fingerprint density at radius 3 is 2.45 bits per heavy atom. The summed E-state index contributed by atoms with van der Waals surface area (Å²) in [4.78, 5) is 47.0. The summed E-state index contributed by atoms with van der Waals surface area (Å²) in [7, 11) is 4.20. The van der Waals surface area contributed by atoms with Gasteiger partial charge in [-0.05, 0) is 25.0 Å². The third kappa shape index (κ3) is 4.39. The molecule has 11 heteroatoms. The normalized spacial score (nSPS) is 14.1. The predicted molar refractivity (Wildman–Crippen MR) is 111 cm³/mol. The SMILES string of the molecule is COC(=O)c1ccccc1N(C)c1ncnc(N2CCC(C(=O)OC)CC2)c1[N+](=O)[O-]. The number of carbonyl (C=O) groups is 2. The quantitative estimate of drug-likeness (QED) is 0.383. The Labute approximate surface area is 178 Å². The van der Waals surface area contributed by atoms with Crippen LogP contribution in [0.15, 0.2) is 30.6 Å². The second-order valence-electron chi connectivity index (χ2n) is 6.98. The molecule has 2 aromatic rings. The lowest BCUT2D eigenvalue weighted by atomic mass is 9.97. The molecule has 3 rings (SSSR count). The number of aromatic nitrogens is 2.